The summed E-state index contributed by atoms with van der Waals surface area (Å²) >= 11 is 12.6. The Kier molecular flexibility index (Phi) is 8.98. The topological polar surface area (TPSA) is 32.3 Å². The molecule has 2 nitrogen and oxygen atoms in total. The Hall–Kier alpha value is -0.0400. The molecule has 0 amide bonds. The third-order valence-electron chi connectivity index (χ3n) is 4.94. The molecule has 2 aromatic rings. The van der Waals surface area contributed by atoms with Crippen LogP contribution in [0.1, 0.15) is 60.1 Å². The number of benzene rings is 2. The monoisotopic (exact) mass is 519 g/mol. The molecule has 2 aromatic carbocycles. The highest BCUT2D eigenvalue weighted by atomic mass is 79.9. The Morgan fingerprint density at radius 3 is 2.04 bits per heavy atom. The molecule has 0 saturated heterocycles. The summed E-state index contributed by atoms with van der Waals surface area (Å²) < 4.78 is 2.19. The van der Waals surface area contributed by atoms with E-state index in [1.807, 2.05) is 12.1 Å². The molecule has 0 radical (unpaired) electrons. The second kappa shape index (κ2) is 10.5. The first-order valence-corrected chi connectivity index (χ1v) is 10.7. The summed E-state index contributed by atoms with van der Waals surface area (Å²) in [5.41, 5.74) is 5.18. The minimum absolute atomic E-state index is 0. The van der Waals surface area contributed by atoms with E-state index in [-0.39, 0.29) is 19.6 Å². The second-order valence-electron chi connectivity index (χ2n) is 6.65. The third kappa shape index (κ3) is 5.49. The van der Waals surface area contributed by atoms with Gasteiger partial charge >= 0.3 is 0 Å². The van der Waals surface area contributed by atoms with Gasteiger partial charge in [-0.1, -0.05) is 44.0 Å². The zero-order chi connectivity index (χ0) is 17.8. The zero-order valence-corrected chi connectivity index (χ0v) is 19.4. The first-order valence-electron chi connectivity index (χ1n) is 8.69. The van der Waals surface area contributed by atoms with E-state index in [1.165, 1.54) is 29.5 Å². The number of halogens is 3. The SMILES string of the molecule is ClN[C@H]1CCCc2ccc(Br)cc21.O[C@@H]1CCCc2ccc(Br)cc21.S. The van der Waals surface area contributed by atoms with Crippen LogP contribution in [0.25, 0.3) is 0 Å². The fraction of sp³-hybridized carbons (Fsp3) is 0.400. The number of aliphatic hydroxyl groups excluding tert-OH is 1. The average Bonchev–Trinajstić information content (AvgIpc) is 2.62. The lowest BCUT2D eigenvalue weighted by Crippen LogP contribution is -2.17. The molecule has 26 heavy (non-hydrogen) atoms. The van der Waals surface area contributed by atoms with Gasteiger partial charge < -0.3 is 5.11 Å². The molecule has 0 aliphatic heterocycles. The standard InChI is InChI=1S/C10H11BrClN.C10H11BrO.H2S/c11-8-5-4-7-2-1-3-10(13-12)9(7)6-8;11-8-5-4-7-2-1-3-10(12)9(7)6-8;/h4-6,10,13H,1-3H2;4-6,10,12H,1-3H2;1H2/t2*10-;/m01./s1. The van der Waals surface area contributed by atoms with Gasteiger partial charge in [0.2, 0.25) is 0 Å². The molecule has 0 aromatic heterocycles. The highest BCUT2D eigenvalue weighted by molar-refractivity contribution is 9.10. The molecule has 2 N–H and O–H groups in total. The van der Waals surface area contributed by atoms with Crippen molar-refractivity contribution in [2.75, 3.05) is 0 Å². The number of nitrogens with one attached hydrogen (secondary N) is 1. The van der Waals surface area contributed by atoms with Crippen molar-refractivity contribution < 1.29 is 5.11 Å². The third-order valence-corrected chi connectivity index (χ3v) is 6.19. The highest BCUT2D eigenvalue weighted by Crippen LogP contribution is 2.32. The molecule has 142 valence electrons. The lowest BCUT2D eigenvalue weighted by Gasteiger charge is -2.24. The smallest absolute Gasteiger partial charge is 0.0793 e. The second-order valence-corrected chi connectivity index (χ2v) is 8.70. The predicted octanol–water partition coefficient (Wildman–Crippen LogP) is 6.50. The number of rotatable bonds is 1. The average molecular weight is 522 g/mol. The van der Waals surface area contributed by atoms with E-state index in [1.54, 1.807) is 0 Å². The van der Waals surface area contributed by atoms with Crippen molar-refractivity contribution in [2.24, 2.45) is 0 Å². The molecule has 0 unspecified atom stereocenters. The molecule has 0 spiro atoms. The molecule has 0 fully saturated rings. The molecule has 2 atom stereocenters. The molecule has 2 aliphatic rings. The quantitative estimate of drug-likeness (QED) is 0.420. The van der Waals surface area contributed by atoms with Gasteiger partial charge in [0.05, 0.1) is 6.10 Å². The van der Waals surface area contributed by atoms with E-state index in [9.17, 15) is 5.11 Å². The molecule has 0 saturated carbocycles. The van der Waals surface area contributed by atoms with Crippen LogP contribution in [-0.2, 0) is 12.8 Å². The number of fused-ring (bicyclic) bond motifs is 2. The maximum atomic E-state index is 9.66. The number of hydrogen-bond acceptors (Lipinski definition) is 2. The summed E-state index contributed by atoms with van der Waals surface area (Å²) in [5.74, 6) is 0. The Labute approximate surface area is 184 Å². The van der Waals surface area contributed by atoms with Gasteiger partial charge in [0, 0.05) is 15.0 Å². The van der Waals surface area contributed by atoms with Crippen LogP contribution < -0.4 is 4.84 Å². The summed E-state index contributed by atoms with van der Waals surface area (Å²) in [6.07, 6.45) is 6.41. The fourth-order valence-electron chi connectivity index (χ4n) is 3.63. The van der Waals surface area contributed by atoms with E-state index in [4.69, 9.17) is 11.8 Å². The van der Waals surface area contributed by atoms with Crippen molar-refractivity contribution in [1.82, 2.24) is 4.84 Å². The van der Waals surface area contributed by atoms with Crippen molar-refractivity contribution in [3.8, 4) is 0 Å². The van der Waals surface area contributed by atoms with Crippen LogP contribution in [0.3, 0.4) is 0 Å². The fourth-order valence-corrected chi connectivity index (χ4v) is 4.61. The maximum Gasteiger partial charge on any atom is 0.0793 e. The van der Waals surface area contributed by atoms with Gasteiger partial charge in [0.1, 0.15) is 0 Å². The Balaban J connectivity index is 0.000000180. The van der Waals surface area contributed by atoms with Crippen LogP contribution in [0.15, 0.2) is 45.3 Å². The number of aliphatic hydroxyl groups is 1. The highest BCUT2D eigenvalue weighted by Gasteiger charge is 2.19. The van der Waals surface area contributed by atoms with Gasteiger partial charge in [0.25, 0.3) is 0 Å². The lowest BCUT2D eigenvalue weighted by atomic mass is 9.88. The van der Waals surface area contributed by atoms with Gasteiger partial charge in [-0.15, -0.1) is 0 Å². The van der Waals surface area contributed by atoms with E-state index in [0.717, 1.165) is 40.2 Å². The van der Waals surface area contributed by atoms with Crippen molar-refractivity contribution in [1.29, 1.82) is 0 Å². The minimum Gasteiger partial charge on any atom is -0.388 e. The van der Waals surface area contributed by atoms with Gasteiger partial charge in [-0.3, -0.25) is 0 Å². The largest absolute Gasteiger partial charge is 0.388 e. The molecule has 6 heteroatoms. The Morgan fingerprint density at radius 1 is 0.885 bits per heavy atom. The van der Waals surface area contributed by atoms with Gasteiger partial charge in [-0.2, -0.15) is 13.5 Å². The molecule has 4 rings (SSSR count). The van der Waals surface area contributed by atoms with Crippen molar-refractivity contribution in [3.05, 3.63) is 67.6 Å². The Bertz CT molecular complexity index is 744. The van der Waals surface area contributed by atoms with Gasteiger partial charge in [-0.05, 0) is 96.8 Å². The lowest BCUT2D eigenvalue weighted by molar-refractivity contribution is 0.156. The van der Waals surface area contributed by atoms with Gasteiger partial charge in [0.15, 0.2) is 0 Å². The summed E-state index contributed by atoms with van der Waals surface area (Å²) in [4.78, 5) is 2.84. The minimum atomic E-state index is -0.244. The van der Waals surface area contributed by atoms with Crippen LogP contribution in [0.4, 0.5) is 0 Å². The first-order chi connectivity index (χ1) is 12.1. The predicted molar refractivity (Wildman–Crippen MR) is 121 cm³/mol. The van der Waals surface area contributed by atoms with Crippen LogP contribution in [0, 0.1) is 0 Å². The van der Waals surface area contributed by atoms with Gasteiger partial charge in [-0.25, -0.2) is 4.84 Å². The van der Waals surface area contributed by atoms with Crippen LogP contribution in [0.2, 0.25) is 0 Å². The molecule has 0 bridgehead atoms. The molecule has 2 aliphatic carbocycles. The van der Waals surface area contributed by atoms with E-state index in [0.29, 0.717) is 6.04 Å². The summed E-state index contributed by atoms with van der Waals surface area (Å²) in [6.45, 7) is 0. The van der Waals surface area contributed by atoms with E-state index < -0.39 is 0 Å². The van der Waals surface area contributed by atoms with Crippen LogP contribution in [-0.4, -0.2) is 5.11 Å². The van der Waals surface area contributed by atoms with Crippen molar-refractivity contribution in [3.63, 3.8) is 0 Å². The summed E-state index contributed by atoms with van der Waals surface area (Å²) in [7, 11) is 0. The summed E-state index contributed by atoms with van der Waals surface area (Å²) in [6, 6.07) is 12.9. The normalized spacial score (nSPS) is 20.8. The molecular formula is C20H24Br2ClNOS. The maximum absolute atomic E-state index is 9.66. The van der Waals surface area contributed by atoms with E-state index in [2.05, 4.69) is 61.0 Å². The van der Waals surface area contributed by atoms with Crippen LogP contribution in [0.5, 0.6) is 0 Å². The Morgan fingerprint density at radius 2 is 1.42 bits per heavy atom. The summed E-state index contributed by atoms with van der Waals surface area (Å²) in [5, 5.41) is 9.66. The molecule has 0 heterocycles. The van der Waals surface area contributed by atoms with Crippen molar-refractivity contribution >= 4 is 57.1 Å². The van der Waals surface area contributed by atoms with Crippen molar-refractivity contribution in [2.45, 2.75) is 50.7 Å². The number of aryl methyl sites for hydroxylation is 2. The van der Waals surface area contributed by atoms with Crippen LogP contribution >= 0.6 is 57.1 Å². The van der Waals surface area contributed by atoms with E-state index >= 15 is 0 Å². The number of hydrogen-bond donors (Lipinski definition) is 2. The zero-order valence-electron chi connectivity index (χ0n) is 14.4. The molecular weight excluding hydrogens is 498 g/mol. The first kappa shape index (κ1) is 22.3.